The predicted octanol–water partition coefficient (Wildman–Crippen LogP) is 11.2. The molecule has 225 valence electrons. The average molecular weight is 607 g/mol. The third kappa shape index (κ3) is 9.79. The molecule has 0 aromatic heterocycles. The first-order valence-electron chi connectivity index (χ1n) is 14.3. The Morgan fingerprint density at radius 2 is 0.881 bits per heavy atom. The average Bonchev–Trinajstić information content (AvgIpc) is 2.94. The van der Waals surface area contributed by atoms with Crippen LogP contribution >= 0.6 is 0 Å². The van der Waals surface area contributed by atoms with Crippen LogP contribution in [0.25, 0.3) is 12.2 Å². The molecule has 4 aromatic carbocycles. The zero-order chi connectivity index (χ0) is 29.1. The van der Waals surface area contributed by atoms with Gasteiger partial charge in [0.2, 0.25) is 0 Å². The van der Waals surface area contributed by atoms with E-state index in [9.17, 15) is 10.2 Å². The summed E-state index contributed by atoms with van der Waals surface area (Å²) < 4.78 is 0. The fraction of sp³-hybridized carbons (Fsp3) is 0.256. The number of hydrogen-bond donors (Lipinski definition) is 2. The zero-order valence-corrected chi connectivity index (χ0v) is 27.2. The minimum absolute atomic E-state index is 0. The molecule has 0 amide bonds. The number of aromatic hydroxyl groups is 2. The maximum absolute atomic E-state index is 10.6. The van der Waals surface area contributed by atoms with Crippen LogP contribution in [-0.2, 0) is 16.8 Å². The van der Waals surface area contributed by atoms with Crippen molar-refractivity contribution in [3.63, 3.8) is 0 Å². The van der Waals surface area contributed by atoms with Crippen LogP contribution in [0.4, 0.5) is 0 Å². The minimum atomic E-state index is 0. The van der Waals surface area contributed by atoms with Crippen molar-refractivity contribution in [2.75, 3.05) is 0 Å². The molecule has 1 radical (unpaired) electrons. The summed E-state index contributed by atoms with van der Waals surface area (Å²) in [5.74, 6) is 1.29. The second-order valence-electron chi connectivity index (χ2n) is 10.8. The van der Waals surface area contributed by atoms with Crippen LogP contribution in [0.1, 0.15) is 99.6 Å². The standard InChI is InChI=1S/2C19H22O.CH3.Co/c2*1-4-17(15-9-6-5-7-10-15)18-12-8-11-16(19(18)20)13-14(2)3;;/h2*5-13,17,20H,4H2,1-3H3;1H3;/q;;-1;. The molecule has 0 saturated heterocycles. The molecule has 0 bridgehead atoms. The van der Waals surface area contributed by atoms with Gasteiger partial charge in [0.1, 0.15) is 11.5 Å². The smallest absolute Gasteiger partial charge is 0.126 e. The van der Waals surface area contributed by atoms with E-state index in [1.54, 1.807) is 0 Å². The summed E-state index contributed by atoms with van der Waals surface area (Å²) in [4.78, 5) is 0. The van der Waals surface area contributed by atoms with Gasteiger partial charge in [-0.15, -0.1) is 0 Å². The SMILES string of the molecule is CCC(c1ccccc1)c1cccc(C=C(C)C)c1O.CCC(c1ccccc1)c1cccc(C=C(C)C)c1O.[CH3-].[Co]. The van der Waals surface area contributed by atoms with Gasteiger partial charge in [-0.25, -0.2) is 0 Å². The van der Waals surface area contributed by atoms with Crippen LogP contribution in [0.2, 0.25) is 0 Å². The monoisotopic (exact) mass is 606 g/mol. The van der Waals surface area contributed by atoms with E-state index in [0.717, 1.165) is 35.1 Å². The first-order chi connectivity index (χ1) is 19.3. The molecule has 2 unspecified atom stereocenters. The van der Waals surface area contributed by atoms with Crippen molar-refractivity contribution in [2.24, 2.45) is 0 Å². The molecule has 0 aliphatic carbocycles. The van der Waals surface area contributed by atoms with E-state index >= 15 is 0 Å². The number of phenolic OH excluding ortho intramolecular Hbond substituents is 2. The molecule has 2 N–H and O–H groups in total. The predicted molar refractivity (Wildman–Crippen MR) is 178 cm³/mol. The van der Waals surface area contributed by atoms with Crippen LogP contribution in [0, 0.1) is 7.43 Å². The van der Waals surface area contributed by atoms with Gasteiger partial charge in [-0.05, 0) is 51.7 Å². The maximum atomic E-state index is 10.6. The van der Waals surface area contributed by atoms with Gasteiger partial charge in [-0.2, -0.15) is 0 Å². The fourth-order valence-electron chi connectivity index (χ4n) is 5.22. The Bertz CT molecular complexity index is 1300. The largest absolute Gasteiger partial charge is 0.507 e. The minimum Gasteiger partial charge on any atom is -0.507 e. The normalized spacial score (nSPS) is 11.4. The van der Waals surface area contributed by atoms with E-state index < -0.39 is 0 Å². The zero-order valence-electron chi connectivity index (χ0n) is 26.2. The van der Waals surface area contributed by atoms with Gasteiger partial charge in [-0.1, -0.05) is 134 Å². The molecule has 2 atom stereocenters. The molecule has 0 spiro atoms. The van der Waals surface area contributed by atoms with Crippen LogP contribution in [-0.4, -0.2) is 10.2 Å². The van der Waals surface area contributed by atoms with Crippen molar-refractivity contribution in [3.8, 4) is 11.5 Å². The molecule has 0 saturated carbocycles. The molecule has 0 heterocycles. The fourth-order valence-corrected chi connectivity index (χ4v) is 5.22. The molecule has 0 aliphatic heterocycles. The van der Waals surface area contributed by atoms with E-state index in [2.05, 4.69) is 62.4 Å². The second kappa shape index (κ2) is 18.1. The molecular weight excluding hydrogens is 559 g/mol. The van der Waals surface area contributed by atoms with E-state index in [0.29, 0.717) is 11.5 Å². The Balaban J connectivity index is 0.000000401. The first-order valence-corrected chi connectivity index (χ1v) is 14.3. The van der Waals surface area contributed by atoms with Crippen molar-refractivity contribution in [1.29, 1.82) is 0 Å². The molecule has 2 nitrogen and oxygen atoms in total. The summed E-state index contributed by atoms with van der Waals surface area (Å²) in [6, 6.07) is 32.8. The van der Waals surface area contributed by atoms with Crippen LogP contribution in [0.15, 0.2) is 108 Å². The number of rotatable bonds is 8. The van der Waals surface area contributed by atoms with Gasteiger partial charge in [0.15, 0.2) is 0 Å². The van der Waals surface area contributed by atoms with E-state index in [4.69, 9.17) is 0 Å². The quantitative estimate of drug-likeness (QED) is 0.196. The summed E-state index contributed by atoms with van der Waals surface area (Å²) in [7, 11) is 0. The van der Waals surface area contributed by atoms with Crippen molar-refractivity contribution in [1.82, 2.24) is 0 Å². The van der Waals surface area contributed by atoms with Gasteiger partial charge in [0, 0.05) is 50.9 Å². The molecule has 0 fully saturated rings. The molecule has 42 heavy (non-hydrogen) atoms. The number of phenols is 2. The van der Waals surface area contributed by atoms with Crippen LogP contribution < -0.4 is 0 Å². The third-order valence-electron chi connectivity index (χ3n) is 7.06. The summed E-state index contributed by atoms with van der Waals surface area (Å²) in [5, 5.41) is 21.1. The Labute approximate surface area is 265 Å². The summed E-state index contributed by atoms with van der Waals surface area (Å²) in [6.07, 6.45) is 5.98. The van der Waals surface area contributed by atoms with Crippen LogP contribution in [0.5, 0.6) is 11.5 Å². The number of para-hydroxylation sites is 2. The van der Waals surface area contributed by atoms with Gasteiger partial charge >= 0.3 is 0 Å². The summed E-state index contributed by atoms with van der Waals surface area (Å²) >= 11 is 0. The Morgan fingerprint density at radius 3 is 1.17 bits per heavy atom. The summed E-state index contributed by atoms with van der Waals surface area (Å²) in [5.41, 5.74) is 8.69. The molecule has 4 aromatic rings. The topological polar surface area (TPSA) is 40.5 Å². The summed E-state index contributed by atoms with van der Waals surface area (Å²) in [6.45, 7) is 12.5. The third-order valence-corrected chi connectivity index (χ3v) is 7.06. The molecule has 3 heteroatoms. The van der Waals surface area contributed by atoms with E-state index in [1.165, 1.54) is 22.3 Å². The Kier molecular flexibility index (Phi) is 15.7. The molecule has 0 aliphatic rings. The molecule has 4 rings (SSSR count). The van der Waals surface area contributed by atoms with Crippen molar-refractivity contribution >= 4 is 12.2 Å². The Morgan fingerprint density at radius 1 is 0.548 bits per heavy atom. The van der Waals surface area contributed by atoms with Gasteiger partial charge < -0.3 is 17.6 Å². The number of allylic oxidation sites excluding steroid dienone is 2. The van der Waals surface area contributed by atoms with Crippen molar-refractivity contribution < 1.29 is 27.0 Å². The van der Waals surface area contributed by atoms with Crippen molar-refractivity contribution in [3.05, 3.63) is 149 Å². The maximum Gasteiger partial charge on any atom is 0.126 e. The van der Waals surface area contributed by atoms with Crippen molar-refractivity contribution in [2.45, 2.75) is 66.2 Å². The first kappa shape index (κ1) is 36.5. The van der Waals surface area contributed by atoms with Gasteiger partial charge in [0.25, 0.3) is 0 Å². The number of hydrogen-bond acceptors (Lipinski definition) is 2. The second-order valence-corrected chi connectivity index (χ2v) is 10.8. The Hall–Kier alpha value is -3.53. The van der Waals surface area contributed by atoms with Gasteiger partial charge in [-0.3, -0.25) is 0 Å². The van der Waals surface area contributed by atoms with Crippen LogP contribution in [0.3, 0.4) is 0 Å². The van der Waals surface area contributed by atoms with E-state index in [1.807, 2.05) is 88.4 Å². The van der Waals surface area contributed by atoms with E-state index in [-0.39, 0.29) is 36.0 Å². The van der Waals surface area contributed by atoms with Gasteiger partial charge in [0.05, 0.1) is 0 Å². The molecular formula is C39H47CoO2-. The number of benzene rings is 4.